The van der Waals surface area contributed by atoms with Gasteiger partial charge in [0.15, 0.2) is 11.5 Å². The molecule has 2 aromatic rings. The first kappa shape index (κ1) is 16.1. The molecule has 2 N–H and O–H groups in total. The van der Waals surface area contributed by atoms with E-state index >= 15 is 0 Å². The maximum atomic E-state index is 11.5. The molecule has 1 aromatic heterocycles. The van der Waals surface area contributed by atoms with Crippen LogP contribution >= 0.6 is 11.8 Å². The number of nitrogens with zero attached hydrogens (tertiary/aromatic N) is 2. The third-order valence-electron chi connectivity index (χ3n) is 3.01. The number of urea groups is 1. The van der Waals surface area contributed by atoms with Gasteiger partial charge in [-0.1, -0.05) is 23.9 Å². The van der Waals surface area contributed by atoms with Crippen LogP contribution in [0.2, 0.25) is 0 Å². The number of amides is 3. The van der Waals surface area contributed by atoms with E-state index in [4.69, 9.17) is 13.9 Å². The minimum Gasteiger partial charge on any atom is -0.485 e. The van der Waals surface area contributed by atoms with Crippen LogP contribution in [-0.2, 0) is 4.79 Å². The molecule has 1 aliphatic rings. The van der Waals surface area contributed by atoms with E-state index in [-0.39, 0.29) is 23.5 Å². The Kier molecular flexibility index (Phi) is 4.85. The summed E-state index contributed by atoms with van der Waals surface area (Å²) in [6, 6.07) is 6.72. The van der Waals surface area contributed by atoms with Gasteiger partial charge in [-0.3, -0.25) is 10.1 Å². The van der Waals surface area contributed by atoms with Crippen molar-refractivity contribution < 1.29 is 23.5 Å². The number of rotatable bonds is 4. The summed E-state index contributed by atoms with van der Waals surface area (Å²) in [4.78, 5) is 22.5. The van der Waals surface area contributed by atoms with Crippen molar-refractivity contribution in [1.82, 2.24) is 20.8 Å². The van der Waals surface area contributed by atoms with Gasteiger partial charge in [0.1, 0.15) is 6.61 Å². The van der Waals surface area contributed by atoms with Crippen LogP contribution in [0.1, 0.15) is 12.0 Å². The van der Waals surface area contributed by atoms with Gasteiger partial charge in [0, 0.05) is 7.05 Å². The van der Waals surface area contributed by atoms with Crippen molar-refractivity contribution in [3.05, 3.63) is 30.2 Å². The molecule has 126 valence electrons. The zero-order valence-corrected chi connectivity index (χ0v) is 13.5. The third-order valence-corrected chi connectivity index (χ3v) is 3.83. The molecular formula is C14H14N4O5S. The fourth-order valence-corrected chi connectivity index (χ4v) is 2.47. The van der Waals surface area contributed by atoms with Gasteiger partial charge in [-0.05, 0) is 12.1 Å². The van der Waals surface area contributed by atoms with Crippen molar-refractivity contribution in [2.45, 2.75) is 11.3 Å². The quantitative estimate of drug-likeness (QED) is 0.789. The number of benzene rings is 1. The first-order valence-electron chi connectivity index (χ1n) is 7.02. The number of hydrogen-bond donors (Lipinski definition) is 2. The number of hydrogen-bond acceptors (Lipinski definition) is 8. The number of ether oxygens (including phenoxy) is 2. The molecule has 9 nitrogen and oxygen atoms in total. The second-order valence-electron chi connectivity index (χ2n) is 4.69. The fourth-order valence-electron chi connectivity index (χ4n) is 1.90. The highest BCUT2D eigenvalue weighted by molar-refractivity contribution is 7.99. The maximum Gasteiger partial charge on any atom is 0.321 e. The predicted octanol–water partition coefficient (Wildman–Crippen LogP) is 1.13. The Morgan fingerprint density at radius 2 is 2.08 bits per heavy atom. The number of thioether (sulfide) groups is 1. The Morgan fingerprint density at radius 3 is 2.88 bits per heavy atom. The van der Waals surface area contributed by atoms with Crippen LogP contribution in [-0.4, -0.2) is 41.5 Å². The van der Waals surface area contributed by atoms with E-state index in [1.807, 2.05) is 18.2 Å². The highest BCUT2D eigenvalue weighted by Gasteiger charge is 2.27. The summed E-state index contributed by atoms with van der Waals surface area (Å²) in [5.74, 6) is 1.03. The first-order chi connectivity index (χ1) is 11.7. The van der Waals surface area contributed by atoms with Crippen molar-refractivity contribution >= 4 is 23.7 Å². The van der Waals surface area contributed by atoms with E-state index in [0.29, 0.717) is 11.5 Å². The highest BCUT2D eigenvalue weighted by atomic mass is 32.2. The summed E-state index contributed by atoms with van der Waals surface area (Å²) in [5.41, 5.74) is 0. The molecule has 0 saturated carbocycles. The van der Waals surface area contributed by atoms with Crippen LogP contribution in [0.15, 0.2) is 33.9 Å². The van der Waals surface area contributed by atoms with E-state index in [0.717, 1.165) is 11.8 Å². The van der Waals surface area contributed by atoms with Crippen LogP contribution in [0, 0.1) is 0 Å². The largest absolute Gasteiger partial charge is 0.485 e. The second kappa shape index (κ2) is 7.21. The molecule has 1 aliphatic heterocycles. The summed E-state index contributed by atoms with van der Waals surface area (Å²) in [6.07, 6.45) is -0.513. The lowest BCUT2D eigenvalue weighted by Gasteiger charge is -2.23. The molecule has 1 atom stereocenters. The van der Waals surface area contributed by atoms with Gasteiger partial charge in [-0.15, -0.1) is 10.2 Å². The molecule has 0 spiro atoms. The topological polar surface area (TPSA) is 116 Å². The van der Waals surface area contributed by atoms with Crippen LogP contribution in [0.5, 0.6) is 11.5 Å². The Labute approximate surface area is 141 Å². The summed E-state index contributed by atoms with van der Waals surface area (Å²) in [6.45, 7) is 0.250. The predicted molar refractivity (Wildman–Crippen MR) is 82.9 cm³/mol. The average Bonchev–Trinajstić information content (AvgIpc) is 3.08. The van der Waals surface area contributed by atoms with Gasteiger partial charge in [0.05, 0.1) is 5.75 Å². The standard InChI is InChI=1S/C14H14N4O5S/c1-15-13(20)16-11(19)7-24-14-18-17-12(23-14)10-6-21-8-4-2-3-5-9(8)22-10/h2-5,10H,6-7H2,1H3,(H2,15,16,19,20)/t10-/m0/s1. The van der Waals surface area contributed by atoms with Crippen LogP contribution < -0.4 is 20.1 Å². The average molecular weight is 350 g/mol. The fraction of sp³-hybridized carbons (Fsp3) is 0.286. The Hall–Kier alpha value is -2.75. The lowest BCUT2D eigenvalue weighted by atomic mass is 10.2. The van der Waals surface area contributed by atoms with Gasteiger partial charge in [-0.2, -0.15) is 0 Å². The monoisotopic (exact) mass is 350 g/mol. The molecule has 0 bridgehead atoms. The molecule has 0 radical (unpaired) electrons. The van der Waals surface area contributed by atoms with Crippen molar-refractivity contribution in [2.75, 3.05) is 19.4 Å². The van der Waals surface area contributed by atoms with E-state index in [2.05, 4.69) is 20.8 Å². The van der Waals surface area contributed by atoms with Gasteiger partial charge < -0.3 is 19.2 Å². The van der Waals surface area contributed by atoms with Crippen molar-refractivity contribution in [3.63, 3.8) is 0 Å². The molecular weight excluding hydrogens is 336 g/mol. The number of aromatic nitrogens is 2. The van der Waals surface area contributed by atoms with Gasteiger partial charge in [-0.25, -0.2) is 4.79 Å². The van der Waals surface area contributed by atoms with Gasteiger partial charge >= 0.3 is 6.03 Å². The summed E-state index contributed by atoms with van der Waals surface area (Å²) < 4.78 is 16.8. The van der Waals surface area contributed by atoms with Gasteiger partial charge in [0.25, 0.3) is 11.1 Å². The summed E-state index contributed by atoms with van der Waals surface area (Å²) in [7, 11) is 1.42. The Bertz CT molecular complexity index is 750. The molecule has 3 amide bonds. The summed E-state index contributed by atoms with van der Waals surface area (Å²) >= 11 is 1.02. The van der Waals surface area contributed by atoms with E-state index in [9.17, 15) is 9.59 Å². The summed E-state index contributed by atoms with van der Waals surface area (Å²) in [5, 5.41) is 12.4. The number of nitrogens with one attached hydrogen (secondary N) is 2. The minimum atomic E-state index is -0.571. The van der Waals surface area contributed by atoms with Crippen molar-refractivity contribution in [2.24, 2.45) is 0 Å². The molecule has 2 heterocycles. The van der Waals surface area contributed by atoms with E-state index < -0.39 is 18.0 Å². The highest BCUT2D eigenvalue weighted by Crippen LogP contribution is 2.35. The molecule has 24 heavy (non-hydrogen) atoms. The molecule has 0 aliphatic carbocycles. The van der Waals surface area contributed by atoms with E-state index in [1.54, 1.807) is 6.07 Å². The third kappa shape index (κ3) is 3.77. The normalized spacial score (nSPS) is 15.6. The lowest BCUT2D eigenvalue weighted by molar-refractivity contribution is -0.117. The van der Waals surface area contributed by atoms with Crippen molar-refractivity contribution in [1.29, 1.82) is 0 Å². The molecule has 0 unspecified atom stereocenters. The smallest absolute Gasteiger partial charge is 0.321 e. The van der Waals surface area contributed by atoms with Crippen molar-refractivity contribution in [3.8, 4) is 11.5 Å². The lowest BCUT2D eigenvalue weighted by Crippen LogP contribution is -2.38. The number of carbonyl (C=O) groups excluding carboxylic acids is 2. The Balaban J connectivity index is 1.56. The number of fused-ring (bicyclic) bond motifs is 1. The van der Waals surface area contributed by atoms with E-state index in [1.165, 1.54) is 7.05 Å². The Morgan fingerprint density at radius 1 is 1.29 bits per heavy atom. The zero-order chi connectivity index (χ0) is 16.9. The molecule has 3 rings (SSSR count). The number of carbonyl (C=O) groups is 2. The first-order valence-corrected chi connectivity index (χ1v) is 8.00. The SMILES string of the molecule is CNC(=O)NC(=O)CSc1nnc([C@@H]2COc3ccccc3O2)o1. The van der Waals surface area contributed by atoms with Crippen LogP contribution in [0.4, 0.5) is 4.79 Å². The molecule has 0 fully saturated rings. The molecule has 1 aromatic carbocycles. The maximum absolute atomic E-state index is 11.5. The minimum absolute atomic E-state index is 0.0279. The zero-order valence-electron chi connectivity index (χ0n) is 12.6. The molecule has 0 saturated heterocycles. The second-order valence-corrected chi connectivity index (χ2v) is 5.61. The van der Waals surface area contributed by atoms with Crippen LogP contribution in [0.3, 0.4) is 0 Å². The number of para-hydroxylation sites is 2. The van der Waals surface area contributed by atoms with Gasteiger partial charge in [0.2, 0.25) is 12.0 Å². The molecule has 10 heteroatoms. The van der Waals surface area contributed by atoms with Crippen LogP contribution in [0.25, 0.3) is 0 Å². The number of imide groups is 1.